The van der Waals surface area contributed by atoms with Gasteiger partial charge in [0.05, 0.1) is 11.3 Å². The molecule has 2 rings (SSSR count). The van der Waals surface area contributed by atoms with Crippen LogP contribution in [-0.2, 0) is 0 Å². The fourth-order valence-electron chi connectivity index (χ4n) is 2.53. The second-order valence-corrected chi connectivity index (χ2v) is 4.98. The average molecular weight is 249 g/mol. The van der Waals surface area contributed by atoms with Crippen LogP contribution in [-0.4, -0.2) is 27.1 Å². The highest BCUT2D eigenvalue weighted by Crippen LogP contribution is 2.28. The van der Waals surface area contributed by atoms with Gasteiger partial charge < -0.3 is 10.4 Å². The van der Waals surface area contributed by atoms with Crippen molar-refractivity contribution in [2.45, 2.75) is 45.6 Å². The second kappa shape index (κ2) is 5.33. The van der Waals surface area contributed by atoms with Crippen molar-refractivity contribution in [2.24, 2.45) is 5.92 Å². The molecule has 0 bridgehead atoms. The Morgan fingerprint density at radius 2 is 2.17 bits per heavy atom. The number of aryl methyl sites for hydroxylation is 1. The van der Waals surface area contributed by atoms with Crippen molar-refractivity contribution < 1.29 is 9.90 Å². The van der Waals surface area contributed by atoms with Crippen LogP contribution >= 0.6 is 0 Å². The lowest BCUT2D eigenvalue weighted by molar-refractivity contribution is 0.0695. The summed E-state index contributed by atoms with van der Waals surface area (Å²) in [6.07, 6.45) is 6.47. The van der Waals surface area contributed by atoms with Crippen LogP contribution in [0.4, 0.5) is 5.95 Å². The highest BCUT2D eigenvalue weighted by molar-refractivity contribution is 5.88. The van der Waals surface area contributed by atoms with Crippen molar-refractivity contribution in [3.8, 4) is 0 Å². The van der Waals surface area contributed by atoms with Gasteiger partial charge in [0.1, 0.15) is 0 Å². The molecule has 5 heteroatoms. The molecule has 0 saturated heterocycles. The van der Waals surface area contributed by atoms with Gasteiger partial charge in [-0.1, -0.05) is 12.8 Å². The van der Waals surface area contributed by atoms with Crippen LogP contribution in [0.1, 0.15) is 48.7 Å². The Hall–Kier alpha value is -1.65. The van der Waals surface area contributed by atoms with Crippen LogP contribution in [0.2, 0.25) is 0 Å². The van der Waals surface area contributed by atoms with Gasteiger partial charge in [0.2, 0.25) is 5.95 Å². The van der Waals surface area contributed by atoms with Crippen LogP contribution < -0.4 is 5.32 Å². The lowest BCUT2D eigenvalue weighted by Gasteiger charge is -2.20. The number of nitrogens with one attached hydrogen (secondary N) is 1. The zero-order valence-electron chi connectivity index (χ0n) is 10.8. The van der Waals surface area contributed by atoms with Gasteiger partial charge in [-0.2, -0.15) is 0 Å². The molecule has 5 nitrogen and oxygen atoms in total. The summed E-state index contributed by atoms with van der Waals surface area (Å²) in [5, 5.41) is 12.2. The van der Waals surface area contributed by atoms with Gasteiger partial charge in [-0.25, -0.2) is 14.8 Å². The van der Waals surface area contributed by atoms with E-state index in [0.29, 0.717) is 23.6 Å². The summed E-state index contributed by atoms with van der Waals surface area (Å²) in [5.41, 5.74) is 0.660. The van der Waals surface area contributed by atoms with Crippen molar-refractivity contribution in [2.75, 3.05) is 5.32 Å². The molecule has 1 saturated carbocycles. The summed E-state index contributed by atoms with van der Waals surface area (Å²) in [5.74, 6) is 0.216. The number of carboxylic acid groups (broad SMARTS) is 1. The Labute approximate surface area is 107 Å². The minimum atomic E-state index is -0.983. The topological polar surface area (TPSA) is 75.1 Å². The van der Waals surface area contributed by atoms with Gasteiger partial charge in [-0.3, -0.25) is 0 Å². The molecule has 1 aromatic rings. The summed E-state index contributed by atoms with van der Waals surface area (Å²) in [6.45, 7) is 3.83. The SMILES string of the molecule is Cc1nc(NC(C)C2CCCC2)ncc1C(=O)O. The first-order valence-corrected chi connectivity index (χ1v) is 6.41. The molecule has 98 valence electrons. The van der Waals surface area contributed by atoms with E-state index in [2.05, 4.69) is 22.2 Å². The fraction of sp³-hybridized carbons (Fsp3) is 0.615. The summed E-state index contributed by atoms with van der Waals surface area (Å²) >= 11 is 0. The van der Waals surface area contributed by atoms with E-state index < -0.39 is 5.97 Å². The first kappa shape index (κ1) is 12.8. The lowest BCUT2D eigenvalue weighted by atomic mass is 10.0. The number of hydrogen-bond acceptors (Lipinski definition) is 4. The summed E-state index contributed by atoms with van der Waals surface area (Å²) in [7, 11) is 0. The monoisotopic (exact) mass is 249 g/mol. The Bertz CT molecular complexity index is 442. The van der Waals surface area contributed by atoms with Crippen LogP contribution in [0, 0.1) is 12.8 Å². The molecule has 0 aromatic carbocycles. The minimum Gasteiger partial charge on any atom is -0.478 e. The first-order chi connectivity index (χ1) is 8.58. The third-order valence-corrected chi connectivity index (χ3v) is 3.67. The van der Waals surface area contributed by atoms with Gasteiger partial charge in [0.15, 0.2) is 0 Å². The molecule has 1 aliphatic rings. The maximum Gasteiger partial charge on any atom is 0.339 e. The summed E-state index contributed by atoms with van der Waals surface area (Å²) in [4.78, 5) is 19.1. The number of rotatable bonds is 4. The van der Waals surface area contributed by atoms with Crippen LogP contribution in [0.3, 0.4) is 0 Å². The minimum absolute atomic E-state index is 0.161. The molecule has 1 fully saturated rings. The second-order valence-electron chi connectivity index (χ2n) is 4.98. The number of aromatic carboxylic acids is 1. The Balaban J connectivity index is 2.05. The maximum absolute atomic E-state index is 10.9. The normalized spacial score (nSPS) is 17.7. The Kier molecular flexibility index (Phi) is 3.79. The Morgan fingerprint density at radius 1 is 1.50 bits per heavy atom. The van der Waals surface area contributed by atoms with E-state index in [1.807, 2.05) is 0 Å². The number of aromatic nitrogens is 2. The zero-order valence-corrected chi connectivity index (χ0v) is 10.8. The molecule has 18 heavy (non-hydrogen) atoms. The molecular weight excluding hydrogens is 230 g/mol. The van der Waals surface area contributed by atoms with E-state index in [9.17, 15) is 4.79 Å². The Morgan fingerprint density at radius 3 is 2.72 bits per heavy atom. The number of carboxylic acids is 1. The molecule has 1 atom stereocenters. The fourth-order valence-corrected chi connectivity index (χ4v) is 2.53. The van der Waals surface area contributed by atoms with E-state index in [0.717, 1.165) is 0 Å². The van der Waals surface area contributed by atoms with E-state index in [4.69, 9.17) is 5.11 Å². The van der Waals surface area contributed by atoms with Crippen LogP contribution in [0.5, 0.6) is 0 Å². The molecule has 1 heterocycles. The van der Waals surface area contributed by atoms with Crippen molar-refractivity contribution in [1.29, 1.82) is 0 Å². The molecule has 0 spiro atoms. The third-order valence-electron chi connectivity index (χ3n) is 3.67. The molecule has 1 aromatic heterocycles. The van der Waals surface area contributed by atoms with Gasteiger partial charge in [0.25, 0.3) is 0 Å². The van der Waals surface area contributed by atoms with Gasteiger partial charge in [0, 0.05) is 12.2 Å². The van der Waals surface area contributed by atoms with Gasteiger partial charge in [-0.05, 0) is 32.6 Å². The van der Waals surface area contributed by atoms with Gasteiger partial charge >= 0.3 is 5.97 Å². The summed E-state index contributed by atoms with van der Waals surface area (Å²) in [6, 6.07) is 0.336. The first-order valence-electron chi connectivity index (χ1n) is 6.41. The van der Waals surface area contributed by atoms with E-state index in [-0.39, 0.29) is 5.56 Å². The van der Waals surface area contributed by atoms with Crippen molar-refractivity contribution >= 4 is 11.9 Å². The number of hydrogen-bond donors (Lipinski definition) is 2. The van der Waals surface area contributed by atoms with Crippen molar-refractivity contribution in [3.05, 3.63) is 17.5 Å². The molecule has 0 aliphatic heterocycles. The predicted molar refractivity (Wildman–Crippen MR) is 68.8 cm³/mol. The smallest absolute Gasteiger partial charge is 0.339 e. The molecule has 0 amide bonds. The van der Waals surface area contributed by atoms with Crippen molar-refractivity contribution in [3.63, 3.8) is 0 Å². The summed E-state index contributed by atoms with van der Waals surface area (Å²) < 4.78 is 0. The molecule has 2 N–H and O–H groups in total. The molecular formula is C13H19N3O2. The highest BCUT2D eigenvalue weighted by atomic mass is 16.4. The van der Waals surface area contributed by atoms with Crippen molar-refractivity contribution in [1.82, 2.24) is 9.97 Å². The zero-order chi connectivity index (χ0) is 13.1. The predicted octanol–water partition coefficient (Wildman–Crippen LogP) is 2.47. The average Bonchev–Trinajstić information content (AvgIpc) is 2.81. The molecule has 1 unspecified atom stereocenters. The lowest BCUT2D eigenvalue weighted by Crippen LogP contribution is -2.25. The molecule has 1 aliphatic carbocycles. The number of anilines is 1. The van der Waals surface area contributed by atoms with Gasteiger partial charge in [-0.15, -0.1) is 0 Å². The van der Waals surface area contributed by atoms with E-state index in [1.54, 1.807) is 6.92 Å². The quantitative estimate of drug-likeness (QED) is 0.857. The van der Waals surface area contributed by atoms with E-state index >= 15 is 0 Å². The van der Waals surface area contributed by atoms with Crippen LogP contribution in [0.25, 0.3) is 0 Å². The maximum atomic E-state index is 10.9. The highest BCUT2D eigenvalue weighted by Gasteiger charge is 2.22. The third kappa shape index (κ3) is 2.78. The number of nitrogens with zero attached hydrogens (tertiary/aromatic N) is 2. The standard InChI is InChI=1S/C13H19N3O2/c1-8(10-5-3-4-6-10)15-13-14-7-11(12(17)18)9(2)16-13/h7-8,10H,3-6H2,1-2H3,(H,17,18)(H,14,15,16). The van der Waals surface area contributed by atoms with E-state index in [1.165, 1.54) is 31.9 Å². The van der Waals surface area contributed by atoms with Crippen LogP contribution in [0.15, 0.2) is 6.20 Å². The number of carbonyl (C=O) groups is 1. The molecule has 0 radical (unpaired) electrons. The largest absolute Gasteiger partial charge is 0.478 e.